The summed E-state index contributed by atoms with van der Waals surface area (Å²) in [7, 11) is 1.26. The summed E-state index contributed by atoms with van der Waals surface area (Å²) >= 11 is 0. The van der Waals surface area contributed by atoms with Gasteiger partial charge in [-0.05, 0) is 43.0 Å². The first-order valence-corrected chi connectivity index (χ1v) is 11.5. The van der Waals surface area contributed by atoms with Crippen molar-refractivity contribution in [1.29, 1.82) is 0 Å². The van der Waals surface area contributed by atoms with Crippen LogP contribution in [0.5, 0.6) is 0 Å². The minimum atomic E-state index is -0.583. The molecule has 178 valence electrons. The minimum Gasteiger partial charge on any atom is -0.465 e. The van der Waals surface area contributed by atoms with Crippen LogP contribution in [0.3, 0.4) is 0 Å². The van der Waals surface area contributed by atoms with Gasteiger partial charge in [-0.1, -0.05) is 43.2 Å². The molecule has 2 aliphatic rings. The van der Waals surface area contributed by atoms with Gasteiger partial charge in [-0.25, -0.2) is 4.79 Å². The molecular formula is C26H28N2O6. The second kappa shape index (κ2) is 10.5. The molecule has 2 unspecified atom stereocenters. The van der Waals surface area contributed by atoms with Gasteiger partial charge in [0, 0.05) is 12.2 Å². The maximum atomic E-state index is 13.4. The van der Waals surface area contributed by atoms with Crippen LogP contribution in [0.4, 0.5) is 11.4 Å². The molecule has 1 aliphatic heterocycles. The molecule has 1 N–H and O–H groups in total. The largest absolute Gasteiger partial charge is 0.465 e. The van der Waals surface area contributed by atoms with Crippen LogP contribution < -0.4 is 10.2 Å². The number of amides is 2. The summed E-state index contributed by atoms with van der Waals surface area (Å²) in [5, 5.41) is 2.58. The number of hydrogen-bond donors (Lipinski definition) is 1. The van der Waals surface area contributed by atoms with Crippen LogP contribution in [-0.4, -0.2) is 44.0 Å². The van der Waals surface area contributed by atoms with Crippen LogP contribution >= 0.6 is 0 Å². The molecule has 2 aromatic rings. The third-order valence-electron chi connectivity index (χ3n) is 6.49. The number of rotatable bonds is 6. The molecule has 0 saturated heterocycles. The molecule has 1 fully saturated rings. The van der Waals surface area contributed by atoms with Crippen molar-refractivity contribution in [3.8, 4) is 0 Å². The monoisotopic (exact) mass is 464 g/mol. The van der Waals surface area contributed by atoms with Gasteiger partial charge < -0.3 is 19.7 Å². The van der Waals surface area contributed by atoms with E-state index in [-0.39, 0.29) is 17.2 Å². The smallest absolute Gasteiger partial charge is 0.339 e. The Morgan fingerprint density at radius 2 is 1.68 bits per heavy atom. The van der Waals surface area contributed by atoms with Gasteiger partial charge in [-0.2, -0.15) is 0 Å². The van der Waals surface area contributed by atoms with Gasteiger partial charge in [0.05, 0.1) is 30.2 Å². The lowest BCUT2D eigenvalue weighted by atomic mass is 9.78. The lowest BCUT2D eigenvalue weighted by Gasteiger charge is -2.32. The molecule has 1 heterocycles. The van der Waals surface area contributed by atoms with E-state index in [1.165, 1.54) is 13.2 Å². The summed E-state index contributed by atoms with van der Waals surface area (Å²) in [5.74, 6) is -2.79. The Morgan fingerprint density at radius 1 is 0.971 bits per heavy atom. The third-order valence-corrected chi connectivity index (χ3v) is 6.49. The van der Waals surface area contributed by atoms with Crippen LogP contribution in [0.25, 0.3) is 0 Å². The summed E-state index contributed by atoms with van der Waals surface area (Å²) < 4.78 is 10.0. The zero-order valence-electron chi connectivity index (χ0n) is 19.1. The fourth-order valence-electron chi connectivity index (χ4n) is 4.79. The fraction of sp³-hybridized carbons (Fsp3) is 0.385. The number of nitrogens with zero attached hydrogens (tertiary/aromatic N) is 1. The second-order valence-corrected chi connectivity index (χ2v) is 8.56. The average Bonchev–Trinajstić information content (AvgIpc) is 3.31. The molecule has 2 aromatic carbocycles. The van der Waals surface area contributed by atoms with Crippen LogP contribution in [-0.2, 0) is 30.3 Å². The summed E-state index contributed by atoms with van der Waals surface area (Å²) in [6.07, 6.45) is 3.68. The van der Waals surface area contributed by atoms with E-state index in [9.17, 15) is 19.2 Å². The van der Waals surface area contributed by atoms with Crippen molar-refractivity contribution < 1.29 is 28.7 Å². The van der Waals surface area contributed by atoms with Crippen molar-refractivity contribution in [3.63, 3.8) is 0 Å². The molecule has 8 heteroatoms. The maximum absolute atomic E-state index is 13.4. The third kappa shape index (κ3) is 4.95. The zero-order valence-corrected chi connectivity index (χ0v) is 19.1. The van der Waals surface area contributed by atoms with Crippen molar-refractivity contribution in [2.24, 2.45) is 11.8 Å². The van der Waals surface area contributed by atoms with Gasteiger partial charge in [0.1, 0.15) is 0 Å². The fourth-order valence-corrected chi connectivity index (χ4v) is 4.79. The average molecular weight is 465 g/mol. The first-order valence-electron chi connectivity index (χ1n) is 11.5. The molecule has 1 saturated carbocycles. The van der Waals surface area contributed by atoms with Crippen LogP contribution in [0.2, 0.25) is 0 Å². The Balaban J connectivity index is 1.38. The number of esters is 2. The predicted molar refractivity (Wildman–Crippen MR) is 125 cm³/mol. The van der Waals surface area contributed by atoms with Gasteiger partial charge in [0.2, 0.25) is 5.91 Å². The molecule has 0 radical (unpaired) electrons. The quantitative estimate of drug-likeness (QED) is 0.658. The van der Waals surface area contributed by atoms with Crippen LogP contribution in [0, 0.1) is 11.8 Å². The zero-order chi connectivity index (χ0) is 24.1. The molecule has 4 rings (SSSR count). The number of hydrogen-bond acceptors (Lipinski definition) is 6. The van der Waals surface area contributed by atoms with Crippen LogP contribution in [0.15, 0.2) is 48.5 Å². The highest BCUT2D eigenvalue weighted by Crippen LogP contribution is 2.36. The number of benzene rings is 2. The Hall–Kier alpha value is -3.68. The highest BCUT2D eigenvalue weighted by Gasteiger charge is 2.40. The van der Waals surface area contributed by atoms with E-state index in [4.69, 9.17) is 9.47 Å². The number of carbonyl (C=O) groups is 4. The number of nitrogens with one attached hydrogen (secondary N) is 1. The summed E-state index contributed by atoms with van der Waals surface area (Å²) in [6.45, 7) is 0.108. The van der Waals surface area contributed by atoms with Crippen molar-refractivity contribution in [2.75, 3.05) is 30.5 Å². The van der Waals surface area contributed by atoms with Crippen molar-refractivity contribution in [3.05, 3.63) is 59.7 Å². The number of ether oxygens (including phenoxy) is 2. The van der Waals surface area contributed by atoms with Gasteiger partial charge in [0.15, 0.2) is 6.61 Å². The summed E-state index contributed by atoms with van der Waals surface area (Å²) in [4.78, 5) is 52.4. The minimum absolute atomic E-state index is 0.0527. The van der Waals surface area contributed by atoms with E-state index in [1.54, 1.807) is 23.1 Å². The Morgan fingerprint density at radius 3 is 2.47 bits per heavy atom. The van der Waals surface area contributed by atoms with Crippen molar-refractivity contribution >= 4 is 35.1 Å². The van der Waals surface area contributed by atoms with E-state index in [2.05, 4.69) is 5.32 Å². The van der Waals surface area contributed by atoms with E-state index >= 15 is 0 Å². The molecule has 0 aromatic heterocycles. The van der Waals surface area contributed by atoms with E-state index in [1.807, 2.05) is 24.3 Å². The standard InChI is InChI=1S/C26H28N2O6/c1-33-25(31)20-11-5-6-12-21(20)27-23(29)16-34-26(32)19-10-4-3-9-18(19)24(30)28-15-14-17-8-2-7-13-22(17)28/h2,5-8,11-13,18-19H,3-4,9-10,14-16H2,1H3,(H,27,29). The first-order chi connectivity index (χ1) is 16.5. The van der Waals surface area contributed by atoms with Gasteiger partial charge in [-0.15, -0.1) is 0 Å². The van der Waals surface area contributed by atoms with Gasteiger partial charge in [-0.3, -0.25) is 14.4 Å². The van der Waals surface area contributed by atoms with Crippen molar-refractivity contribution in [1.82, 2.24) is 0 Å². The highest BCUT2D eigenvalue weighted by atomic mass is 16.5. The lowest BCUT2D eigenvalue weighted by molar-refractivity contribution is -0.156. The van der Waals surface area contributed by atoms with E-state index in [0.717, 1.165) is 30.5 Å². The Kier molecular flexibility index (Phi) is 7.25. The molecule has 2 amide bonds. The SMILES string of the molecule is COC(=O)c1ccccc1NC(=O)COC(=O)C1CCCCC1C(=O)N1CCc2ccccc21. The normalized spacial score (nSPS) is 19.1. The molecule has 1 aliphatic carbocycles. The molecule has 8 nitrogen and oxygen atoms in total. The van der Waals surface area contributed by atoms with E-state index < -0.39 is 36.3 Å². The lowest BCUT2D eigenvalue weighted by Crippen LogP contribution is -2.42. The number of para-hydroxylation sites is 2. The van der Waals surface area contributed by atoms with Gasteiger partial charge >= 0.3 is 11.9 Å². The first kappa shape index (κ1) is 23.5. The molecule has 0 bridgehead atoms. The second-order valence-electron chi connectivity index (χ2n) is 8.56. The Labute approximate surface area is 198 Å². The number of anilines is 2. The predicted octanol–water partition coefficient (Wildman–Crippen LogP) is 3.35. The summed E-state index contributed by atoms with van der Waals surface area (Å²) in [5.41, 5.74) is 2.52. The van der Waals surface area contributed by atoms with Gasteiger partial charge in [0.25, 0.3) is 5.91 Å². The number of carbonyl (C=O) groups excluding carboxylic acids is 4. The molecule has 0 spiro atoms. The summed E-state index contributed by atoms with van der Waals surface area (Å²) in [6, 6.07) is 14.2. The Bertz CT molecular complexity index is 1100. The molecule has 34 heavy (non-hydrogen) atoms. The van der Waals surface area contributed by atoms with E-state index in [0.29, 0.717) is 19.4 Å². The maximum Gasteiger partial charge on any atom is 0.339 e. The van der Waals surface area contributed by atoms with Crippen LogP contribution in [0.1, 0.15) is 41.6 Å². The molecule has 2 atom stereocenters. The highest BCUT2D eigenvalue weighted by molar-refractivity contribution is 6.02. The number of fused-ring (bicyclic) bond motifs is 1. The number of methoxy groups -OCH3 is 1. The topological polar surface area (TPSA) is 102 Å². The van der Waals surface area contributed by atoms with Crippen molar-refractivity contribution in [2.45, 2.75) is 32.1 Å². The molecular weight excluding hydrogens is 436 g/mol.